The van der Waals surface area contributed by atoms with Crippen LogP contribution in [0.2, 0.25) is 0 Å². The normalized spacial score (nSPS) is 25.1. The van der Waals surface area contributed by atoms with Crippen molar-refractivity contribution in [1.29, 1.82) is 0 Å². The number of esters is 4. The van der Waals surface area contributed by atoms with Crippen molar-refractivity contribution in [2.24, 2.45) is 5.92 Å². The second-order valence-corrected chi connectivity index (χ2v) is 36.3. The lowest BCUT2D eigenvalue weighted by atomic mass is 9.84. The average Bonchev–Trinajstić information content (AvgIpc) is 0.757. The molecule has 19 atom stereocenters. The highest BCUT2D eigenvalue weighted by Crippen LogP contribution is 2.49. The molecule has 0 aromatic carbocycles. The van der Waals surface area contributed by atoms with Crippen molar-refractivity contribution in [3.63, 3.8) is 0 Å². The molecule has 0 radical (unpaired) electrons. The fourth-order valence-corrected chi connectivity index (χ4v) is 17.2. The van der Waals surface area contributed by atoms with Gasteiger partial charge in [0.2, 0.25) is 0 Å². The number of ether oxygens (including phenoxy) is 8. The van der Waals surface area contributed by atoms with Gasteiger partial charge < -0.3 is 88.7 Å². The van der Waals surface area contributed by atoms with E-state index in [0.29, 0.717) is 38.0 Å². The SMILES string of the molecule is CCCCCCCCCCCCCCCCCC(=O)OCC(COP(=O)(O)OC1C(OC2OC(CO)C(O)C(O)C2O)C(O)C(O)C(OC(=O)CCCCCCCCC(C)CCCCCCCC)C1OC1OC(COC(=O)CCCCCCCCCCCCCCC)C(O)C(O)C1O)OC(=O)CCCCCCCCCCCCCCCCC. The molecule has 0 aromatic heterocycles. The Morgan fingerprint density at radius 3 is 1.01 bits per heavy atom. The molecule has 26 heteroatoms. The first kappa shape index (κ1) is 110. The lowest BCUT2D eigenvalue weighted by molar-refractivity contribution is -0.360. The molecule has 3 rings (SSSR count). The van der Waals surface area contributed by atoms with Crippen molar-refractivity contribution >= 4 is 31.7 Å². The van der Waals surface area contributed by atoms with Gasteiger partial charge in [-0.3, -0.25) is 28.2 Å². The van der Waals surface area contributed by atoms with Gasteiger partial charge in [0.05, 0.1) is 13.2 Å². The molecule has 2 aliphatic heterocycles. The highest BCUT2D eigenvalue weighted by Gasteiger charge is 2.60. The number of hydrogen-bond donors (Lipinski definition) is 10. The molecule has 118 heavy (non-hydrogen) atoms. The Labute approximate surface area is 712 Å². The largest absolute Gasteiger partial charge is 0.472 e. The van der Waals surface area contributed by atoms with Crippen molar-refractivity contribution in [1.82, 2.24) is 0 Å². The first-order chi connectivity index (χ1) is 57.1. The van der Waals surface area contributed by atoms with Gasteiger partial charge in [0.1, 0.15) is 92.6 Å². The molecule has 25 nitrogen and oxygen atoms in total. The number of hydrogen-bond acceptors (Lipinski definition) is 24. The summed E-state index contributed by atoms with van der Waals surface area (Å²) in [6, 6.07) is 0. The molecular formula is C92H173O25P. The first-order valence-electron chi connectivity index (χ1n) is 48.2. The summed E-state index contributed by atoms with van der Waals surface area (Å²) in [5.74, 6) is -2.31. The summed E-state index contributed by atoms with van der Waals surface area (Å²) >= 11 is 0. The summed E-state index contributed by atoms with van der Waals surface area (Å²) < 4.78 is 73.6. The third-order valence-electron chi connectivity index (χ3n) is 24.0. The van der Waals surface area contributed by atoms with E-state index in [0.717, 1.165) is 128 Å². The van der Waals surface area contributed by atoms with E-state index in [1.54, 1.807) is 0 Å². The molecule has 696 valence electrons. The average molecular weight is 1710 g/mol. The zero-order valence-electron chi connectivity index (χ0n) is 74.4. The van der Waals surface area contributed by atoms with Gasteiger partial charge in [0.15, 0.2) is 24.8 Å². The van der Waals surface area contributed by atoms with Crippen molar-refractivity contribution < 1.29 is 122 Å². The van der Waals surface area contributed by atoms with Gasteiger partial charge in [-0.15, -0.1) is 0 Å². The fraction of sp³-hybridized carbons (Fsp3) is 0.957. The van der Waals surface area contributed by atoms with Gasteiger partial charge in [-0.25, -0.2) is 4.57 Å². The summed E-state index contributed by atoms with van der Waals surface area (Å²) in [7, 11) is -5.80. The van der Waals surface area contributed by atoms with Gasteiger partial charge in [-0.1, -0.05) is 375 Å². The highest BCUT2D eigenvalue weighted by molar-refractivity contribution is 7.47. The molecular weight excluding hydrogens is 1540 g/mol. The number of carbonyl (C=O) groups excluding carboxylic acids is 4. The third-order valence-corrected chi connectivity index (χ3v) is 25.0. The minimum atomic E-state index is -5.80. The van der Waals surface area contributed by atoms with Crippen LogP contribution in [0.3, 0.4) is 0 Å². The van der Waals surface area contributed by atoms with Crippen molar-refractivity contribution in [2.45, 2.75) is 530 Å². The lowest BCUT2D eigenvalue weighted by Gasteiger charge is -2.50. The highest BCUT2D eigenvalue weighted by atomic mass is 31.2. The van der Waals surface area contributed by atoms with Crippen LogP contribution in [0.25, 0.3) is 0 Å². The fourth-order valence-electron chi connectivity index (χ4n) is 16.3. The topological polar surface area (TPSA) is 380 Å². The first-order valence-corrected chi connectivity index (χ1v) is 49.7. The Morgan fingerprint density at radius 1 is 0.331 bits per heavy atom. The van der Waals surface area contributed by atoms with E-state index in [1.807, 2.05) is 0 Å². The molecule has 1 saturated carbocycles. The minimum Gasteiger partial charge on any atom is -0.463 e. The van der Waals surface area contributed by atoms with E-state index >= 15 is 0 Å². The Hall–Kier alpha value is -2.53. The van der Waals surface area contributed by atoms with Crippen LogP contribution in [0.4, 0.5) is 0 Å². The summed E-state index contributed by atoms with van der Waals surface area (Å²) in [4.78, 5) is 66.6. The number of carbonyl (C=O) groups is 4. The van der Waals surface area contributed by atoms with Crippen LogP contribution in [0.15, 0.2) is 0 Å². The predicted molar refractivity (Wildman–Crippen MR) is 458 cm³/mol. The Kier molecular flexibility index (Phi) is 65.6. The number of unbranched alkanes of at least 4 members (excludes halogenated alkanes) is 50. The molecule has 0 amide bonds. The Balaban J connectivity index is 1.92. The molecule has 10 N–H and O–H groups in total. The van der Waals surface area contributed by atoms with E-state index in [9.17, 15) is 74.6 Å². The number of rotatable bonds is 78. The van der Waals surface area contributed by atoms with E-state index < -0.39 is 162 Å². The lowest BCUT2D eigenvalue weighted by Crippen LogP contribution is -2.70. The number of phosphoric acid groups is 1. The molecule has 19 unspecified atom stereocenters. The molecule has 0 bridgehead atoms. The number of aliphatic hydroxyl groups excluding tert-OH is 9. The molecule has 0 spiro atoms. The van der Waals surface area contributed by atoms with Crippen LogP contribution in [0, 0.1) is 5.92 Å². The maximum absolute atomic E-state index is 14.9. The van der Waals surface area contributed by atoms with Crippen LogP contribution >= 0.6 is 7.82 Å². The second-order valence-electron chi connectivity index (χ2n) is 34.9. The van der Waals surface area contributed by atoms with Crippen molar-refractivity contribution in [3.8, 4) is 0 Å². The third kappa shape index (κ3) is 50.6. The molecule has 3 aliphatic rings. The summed E-state index contributed by atoms with van der Waals surface area (Å²) in [6.45, 7) is 7.94. The summed E-state index contributed by atoms with van der Waals surface area (Å²) in [5.41, 5.74) is 0. The maximum Gasteiger partial charge on any atom is 0.472 e. The van der Waals surface area contributed by atoms with E-state index in [4.69, 9.17) is 46.9 Å². The van der Waals surface area contributed by atoms with Gasteiger partial charge in [0.25, 0.3) is 0 Å². The van der Waals surface area contributed by atoms with Crippen LogP contribution in [-0.4, -0.2) is 205 Å². The number of aliphatic hydroxyl groups is 9. The van der Waals surface area contributed by atoms with E-state index in [1.165, 1.54) is 205 Å². The zero-order chi connectivity index (χ0) is 86.2. The molecule has 2 saturated heterocycles. The van der Waals surface area contributed by atoms with Gasteiger partial charge in [-0.05, 0) is 31.6 Å². The predicted octanol–water partition coefficient (Wildman–Crippen LogP) is 18.0. The van der Waals surface area contributed by atoms with Gasteiger partial charge in [-0.2, -0.15) is 0 Å². The van der Waals surface area contributed by atoms with Crippen LogP contribution in [0.1, 0.15) is 426 Å². The van der Waals surface area contributed by atoms with Crippen LogP contribution < -0.4 is 0 Å². The monoisotopic (exact) mass is 1710 g/mol. The molecule has 0 aromatic rings. The molecule has 3 fully saturated rings. The smallest absolute Gasteiger partial charge is 0.463 e. The van der Waals surface area contributed by atoms with Crippen LogP contribution in [0.5, 0.6) is 0 Å². The second kappa shape index (κ2) is 70.6. The van der Waals surface area contributed by atoms with E-state index in [2.05, 4.69) is 34.6 Å². The Morgan fingerprint density at radius 2 is 0.636 bits per heavy atom. The van der Waals surface area contributed by atoms with Crippen molar-refractivity contribution in [2.75, 3.05) is 26.4 Å². The molecule has 2 heterocycles. The van der Waals surface area contributed by atoms with Crippen LogP contribution in [-0.2, 0) is 70.7 Å². The maximum atomic E-state index is 14.9. The van der Waals surface area contributed by atoms with E-state index in [-0.39, 0.29) is 25.7 Å². The van der Waals surface area contributed by atoms with Gasteiger partial charge in [0, 0.05) is 25.7 Å². The van der Waals surface area contributed by atoms with Crippen molar-refractivity contribution in [3.05, 3.63) is 0 Å². The van der Waals surface area contributed by atoms with Gasteiger partial charge >= 0.3 is 31.7 Å². The number of phosphoric ester groups is 1. The standard InChI is InChI=1S/C92H173O25P/c1-6-10-14-18-22-25-28-31-33-36-39-41-44-51-57-63-75(94)108-68-72(111-77(96)65-59-53-46-43-40-37-34-32-29-26-23-19-15-11-7-2)69-110-118(106,107)117-90-88(115-91-85(104)81(100)79(98)73(67-93)112-91)84(103)83(102)87(114-78(97)66-60-54-48-47-50-56-62-71(5)61-55-49-21-17-13-9-4)89(90)116-92-86(105)82(101)80(99)74(113-92)70-109-76(95)64-58-52-45-42-38-35-30-27-24-20-16-12-8-3/h71-74,79-93,98-105H,6-70H2,1-5H3,(H,106,107). The quantitative estimate of drug-likeness (QED) is 0.0117. The molecule has 1 aliphatic carbocycles. The Bertz CT molecular complexity index is 2470. The summed E-state index contributed by atoms with van der Waals surface area (Å²) in [5, 5.41) is 102. The zero-order valence-corrected chi connectivity index (χ0v) is 75.3. The minimum absolute atomic E-state index is 0.0192. The summed E-state index contributed by atoms with van der Waals surface area (Å²) in [6.07, 6.45) is 26.6.